The maximum atomic E-state index is 13.7. The first-order chi connectivity index (χ1) is 20.2. The minimum absolute atomic E-state index is 0. The molecule has 2 aromatic carbocycles. The first-order valence-corrected chi connectivity index (χ1v) is 14.3. The summed E-state index contributed by atoms with van der Waals surface area (Å²) in [6.07, 6.45) is 3.22. The van der Waals surface area contributed by atoms with Crippen molar-refractivity contribution < 1.29 is 44.1 Å². The van der Waals surface area contributed by atoms with Gasteiger partial charge in [0.1, 0.15) is 11.6 Å². The van der Waals surface area contributed by atoms with Gasteiger partial charge in [0.25, 0.3) is 0 Å². The molecule has 0 saturated carbocycles. The number of halogens is 4. The third-order valence-electron chi connectivity index (χ3n) is 5.36. The molecule has 4 aromatic rings. The average molecular weight is 646 g/mol. The van der Waals surface area contributed by atoms with Crippen molar-refractivity contribution in [2.45, 2.75) is 52.0 Å². The van der Waals surface area contributed by atoms with E-state index >= 15 is 0 Å². The average Bonchev–Trinajstić information content (AvgIpc) is 3.58. The molecule has 0 saturated heterocycles. The predicted octanol–water partition coefficient (Wildman–Crippen LogP) is 6.76. The largest absolute Gasteiger partial charge is 1.00 e. The number of benzene rings is 2. The van der Waals surface area contributed by atoms with E-state index in [1.54, 1.807) is 40.9 Å². The van der Waals surface area contributed by atoms with E-state index in [9.17, 15) is 13.2 Å². The Morgan fingerprint density at radius 3 is 1.62 bits per heavy atom. The number of hydrogen-bond donors (Lipinski definition) is 0. The molecule has 0 radical (unpaired) electrons. The fourth-order valence-corrected chi connectivity index (χ4v) is 4.94. The van der Waals surface area contributed by atoms with E-state index in [1.807, 2.05) is 31.4 Å². The Balaban J connectivity index is 0.000000683. The normalized spacial score (nSPS) is 9.62. The van der Waals surface area contributed by atoms with Gasteiger partial charge in [-0.3, -0.25) is 9.30 Å². The van der Waals surface area contributed by atoms with E-state index in [-0.39, 0.29) is 53.6 Å². The minimum atomic E-state index is -1.00. The number of azide groups is 1. The van der Waals surface area contributed by atoms with Crippen molar-refractivity contribution in [1.29, 1.82) is 0 Å². The first-order valence-electron chi connectivity index (χ1n) is 12.7. The molecule has 218 valence electrons. The van der Waals surface area contributed by atoms with E-state index in [4.69, 9.17) is 29.6 Å². The predicted molar refractivity (Wildman–Crippen MR) is 161 cm³/mol. The van der Waals surface area contributed by atoms with Gasteiger partial charge in [0.2, 0.25) is 0 Å². The summed E-state index contributed by atoms with van der Waals surface area (Å²) >= 11 is 8.88. The van der Waals surface area contributed by atoms with Crippen molar-refractivity contribution in [3.63, 3.8) is 0 Å². The van der Waals surface area contributed by atoms with Gasteiger partial charge in [-0.15, -0.1) is 34.3 Å². The first kappa shape index (κ1) is 37.4. The molecule has 0 amide bonds. The summed E-state index contributed by atoms with van der Waals surface area (Å²) in [5.74, 6) is -0.316. The number of rotatable bonds is 9. The van der Waals surface area contributed by atoms with E-state index < -0.39 is 7.15 Å². The summed E-state index contributed by atoms with van der Waals surface area (Å²) in [6, 6.07) is 10.3. The number of aromatic nitrogens is 2. The fourth-order valence-electron chi connectivity index (χ4n) is 3.43. The van der Waals surface area contributed by atoms with Crippen molar-refractivity contribution in [3.05, 3.63) is 129 Å². The second-order valence-electron chi connectivity index (χ2n) is 8.18. The Bertz CT molecular complexity index is 1460. The smallest absolute Gasteiger partial charge is 0.373 e. The zero-order valence-corrected chi connectivity index (χ0v) is 27.9. The molecule has 42 heavy (non-hydrogen) atoms. The van der Waals surface area contributed by atoms with Crippen LogP contribution in [0.4, 0.5) is 13.2 Å². The summed E-state index contributed by atoms with van der Waals surface area (Å²) in [5, 5.41) is 9.56. The summed E-state index contributed by atoms with van der Waals surface area (Å²) in [7, 11) is -1.00. The van der Waals surface area contributed by atoms with Gasteiger partial charge in [-0.2, -0.15) is 0 Å². The second kappa shape index (κ2) is 22.9. The Hall–Kier alpha value is -2.60. The fraction of sp³-hybridized carbons (Fsp3) is 0.333. The van der Waals surface area contributed by atoms with Gasteiger partial charge in [-0.1, -0.05) is 29.4 Å². The quantitative estimate of drug-likeness (QED) is 0.0654. The Morgan fingerprint density at radius 2 is 1.29 bits per heavy atom. The third kappa shape index (κ3) is 15.0. The van der Waals surface area contributed by atoms with Crippen LogP contribution in [0, 0.1) is 25.5 Å². The van der Waals surface area contributed by atoms with Crippen LogP contribution < -0.4 is 29.6 Å². The number of hydrogen-bond acceptors (Lipinski definition) is 5. The summed E-state index contributed by atoms with van der Waals surface area (Å²) < 4.78 is 42.7. The van der Waals surface area contributed by atoms with Crippen LogP contribution in [0.5, 0.6) is 0 Å². The number of alkyl halides is 2. The van der Waals surface area contributed by atoms with Crippen LogP contribution in [0.1, 0.15) is 45.0 Å². The topological polar surface area (TPSA) is 133 Å². The maximum absolute atomic E-state index is 13.7. The van der Waals surface area contributed by atoms with Crippen LogP contribution in [0.3, 0.4) is 0 Å². The molecule has 2 heterocycles. The standard InChI is InChI=1S/C13H13ClFNS.C13H13FN4S.CH3F.N3.Na/c1-9-16-12(8-17-9)5-3-10-2-4-11(7-14)13(15)6-10;1-9-17-12(8-19-9)5-3-10-2-4-11(7-16-18-15)13(14)6-10;1-2;1-3-2;/h2,4,6,8H,3,5,7H2,1H3;2,4,6,8H,3,5,7H2,1H3;1H3;;/q;;;-1;+1/i;;1D;;. The van der Waals surface area contributed by atoms with Gasteiger partial charge in [0.05, 0.1) is 42.4 Å². The molecule has 0 unspecified atom stereocenters. The molecule has 0 aliphatic carbocycles. The molecule has 0 bridgehead atoms. The second-order valence-corrected chi connectivity index (χ2v) is 10.6. The molecule has 0 fully saturated rings. The van der Waals surface area contributed by atoms with Gasteiger partial charge in [0.15, 0.2) is 0 Å². The summed E-state index contributed by atoms with van der Waals surface area (Å²) in [5.41, 5.74) is 26.7. The zero-order valence-electron chi connectivity index (χ0n) is 24.5. The van der Waals surface area contributed by atoms with Gasteiger partial charge in [0, 0.05) is 21.2 Å². The number of aryl methyl sites for hydroxylation is 6. The van der Waals surface area contributed by atoms with Crippen molar-refractivity contribution in [2.24, 2.45) is 5.11 Å². The van der Waals surface area contributed by atoms with Gasteiger partial charge in [-0.05, 0) is 73.9 Å². The van der Waals surface area contributed by atoms with E-state index in [0.717, 1.165) is 58.2 Å². The maximum Gasteiger partial charge on any atom is 1.00 e. The Morgan fingerprint density at radius 1 is 0.857 bits per heavy atom. The molecule has 4 rings (SSSR count). The minimum Gasteiger partial charge on any atom is -0.373 e. The Labute approximate surface area is 279 Å². The molecule has 2 aromatic heterocycles. The van der Waals surface area contributed by atoms with Gasteiger partial charge in [-0.25, -0.2) is 18.7 Å². The van der Waals surface area contributed by atoms with Gasteiger partial charge >= 0.3 is 29.6 Å². The van der Waals surface area contributed by atoms with Crippen LogP contribution in [0.15, 0.2) is 52.3 Å². The van der Waals surface area contributed by atoms with Crippen molar-refractivity contribution >= 4 is 34.3 Å². The summed E-state index contributed by atoms with van der Waals surface area (Å²) in [4.78, 5) is 12.9. The molecular weight excluding hydrogens is 616 g/mol. The SMILES string of the molecule is Cc1nc(CCc2ccc(CCl)c(F)c2)cs1.Cc1nc(CCc2ccc(CN=[N+]=[N-])c(F)c2)cs1.[2H]CF.[N-]=[N+]=[N-].[Na+]. The van der Waals surface area contributed by atoms with Crippen LogP contribution >= 0.6 is 34.3 Å². The third-order valence-corrected chi connectivity index (χ3v) is 7.29. The van der Waals surface area contributed by atoms with E-state index in [0.29, 0.717) is 11.1 Å². The number of nitrogens with zero attached hydrogens (tertiary/aromatic N) is 8. The van der Waals surface area contributed by atoms with Crippen molar-refractivity contribution in [2.75, 3.05) is 7.15 Å². The number of thiazole rings is 2. The van der Waals surface area contributed by atoms with Crippen molar-refractivity contribution in [1.82, 2.24) is 9.97 Å². The molecular formula is C27H29ClF3N8NaS2. The van der Waals surface area contributed by atoms with Crippen LogP contribution in [0.25, 0.3) is 26.4 Å². The zero-order chi connectivity index (χ0) is 31.3. The molecule has 0 aliphatic heterocycles. The van der Waals surface area contributed by atoms with Gasteiger partial charge < -0.3 is 11.1 Å². The van der Waals surface area contributed by atoms with Crippen LogP contribution in [-0.2, 0) is 38.1 Å². The van der Waals surface area contributed by atoms with Crippen LogP contribution in [-0.4, -0.2) is 17.1 Å². The molecule has 15 heteroatoms. The summed E-state index contributed by atoms with van der Waals surface area (Å²) in [6.45, 7) is 4.01. The van der Waals surface area contributed by atoms with Crippen molar-refractivity contribution in [3.8, 4) is 0 Å². The van der Waals surface area contributed by atoms with Crippen LogP contribution in [0.2, 0.25) is 0 Å². The van der Waals surface area contributed by atoms with E-state index in [1.165, 1.54) is 11.0 Å². The Kier molecular flexibility index (Phi) is 20.4. The molecule has 0 aliphatic rings. The monoisotopic (exact) mass is 645 g/mol. The molecule has 0 spiro atoms. The molecule has 0 atom stereocenters. The molecule has 8 nitrogen and oxygen atoms in total. The van der Waals surface area contributed by atoms with E-state index in [2.05, 4.69) is 25.4 Å². The molecule has 0 N–H and O–H groups in total.